The fraction of sp³-hybridized carbons (Fsp3) is 0.818. The third-order valence-corrected chi connectivity index (χ3v) is 5.96. The van der Waals surface area contributed by atoms with Gasteiger partial charge in [-0.05, 0) is 20.3 Å². The number of hydrogen-bond donors (Lipinski definition) is 0. The molecule has 3 rings (SSSR count). The Balaban J connectivity index is 2.04. The first-order chi connectivity index (χ1) is 7.74. The number of alkyl halides is 2. The molecule has 0 aromatic heterocycles. The van der Waals surface area contributed by atoms with Crippen molar-refractivity contribution in [2.24, 2.45) is 11.8 Å². The van der Waals surface area contributed by atoms with Crippen LogP contribution < -0.4 is 0 Å². The maximum Gasteiger partial charge on any atom is 0.163 e. The molecule has 0 N–H and O–H groups in total. The summed E-state index contributed by atoms with van der Waals surface area (Å²) in [6.45, 7) is 3.76. The van der Waals surface area contributed by atoms with Crippen LogP contribution in [0.3, 0.4) is 0 Å². The van der Waals surface area contributed by atoms with Gasteiger partial charge in [-0.15, -0.1) is 0 Å². The van der Waals surface area contributed by atoms with Crippen molar-refractivity contribution < 1.29 is 9.47 Å². The summed E-state index contributed by atoms with van der Waals surface area (Å²) in [5.41, 5.74) is 0. The molecule has 96 valence electrons. The van der Waals surface area contributed by atoms with Crippen LogP contribution in [0.2, 0.25) is 0 Å². The lowest BCUT2D eigenvalue weighted by Gasteiger charge is -2.34. The van der Waals surface area contributed by atoms with E-state index in [2.05, 4.69) is 0 Å². The van der Waals surface area contributed by atoms with Crippen molar-refractivity contribution in [2.75, 3.05) is 0 Å². The second-order valence-electron chi connectivity index (χ2n) is 5.30. The molecule has 0 spiro atoms. The largest absolute Gasteiger partial charge is 0.344 e. The van der Waals surface area contributed by atoms with Crippen molar-refractivity contribution in [1.29, 1.82) is 0 Å². The number of rotatable bonds is 0. The molecule has 2 bridgehead atoms. The first-order valence-electron chi connectivity index (χ1n) is 5.53. The Kier molecular flexibility index (Phi) is 2.78. The average molecular weight is 318 g/mol. The van der Waals surface area contributed by atoms with Crippen LogP contribution in [0.5, 0.6) is 0 Å². The molecule has 3 aliphatic rings. The molecule has 1 heterocycles. The summed E-state index contributed by atoms with van der Waals surface area (Å²) in [6.07, 6.45) is 0.513. The third kappa shape index (κ3) is 1.69. The Morgan fingerprint density at radius 1 is 1.12 bits per heavy atom. The van der Waals surface area contributed by atoms with Gasteiger partial charge < -0.3 is 9.47 Å². The molecule has 4 unspecified atom stereocenters. The van der Waals surface area contributed by atoms with Crippen LogP contribution >= 0.6 is 46.4 Å². The standard InChI is InChI=1S/C11H12Cl4O2/c1-10(2)16-7-4-3-5(8(7)17-10)11(14,15)9(13)6(4)12/h4-5,7-8H,3H2,1-2H3. The SMILES string of the molecule is CC1(C)OC2C3CC(C2O1)C(Cl)(Cl)C(Cl)=C3Cl. The van der Waals surface area contributed by atoms with E-state index in [1.54, 1.807) is 0 Å². The lowest BCUT2D eigenvalue weighted by Crippen LogP contribution is -2.37. The Morgan fingerprint density at radius 2 is 1.71 bits per heavy atom. The van der Waals surface area contributed by atoms with Gasteiger partial charge in [-0.2, -0.15) is 0 Å². The molecule has 1 saturated carbocycles. The number of halogens is 4. The van der Waals surface area contributed by atoms with E-state index in [4.69, 9.17) is 55.9 Å². The molecule has 17 heavy (non-hydrogen) atoms. The first kappa shape index (κ1) is 12.8. The summed E-state index contributed by atoms with van der Waals surface area (Å²) in [5.74, 6) is -0.638. The van der Waals surface area contributed by atoms with E-state index in [1.165, 1.54) is 0 Å². The van der Waals surface area contributed by atoms with Crippen LogP contribution in [0.1, 0.15) is 20.3 Å². The minimum Gasteiger partial charge on any atom is -0.344 e. The third-order valence-electron chi connectivity index (χ3n) is 3.76. The summed E-state index contributed by atoms with van der Waals surface area (Å²) in [4.78, 5) is 0. The number of hydrogen-bond acceptors (Lipinski definition) is 2. The quantitative estimate of drug-likeness (QED) is 0.628. The van der Waals surface area contributed by atoms with E-state index in [0.29, 0.717) is 10.1 Å². The molecule has 0 amide bonds. The average Bonchev–Trinajstić information content (AvgIpc) is 2.66. The molecule has 0 radical (unpaired) electrons. The van der Waals surface area contributed by atoms with Crippen molar-refractivity contribution in [3.8, 4) is 0 Å². The van der Waals surface area contributed by atoms with E-state index >= 15 is 0 Å². The van der Waals surface area contributed by atoms with Crippen LogP contribution in [0.4, 0.5) is 0 Å². The highest BCUT2D eigenvalue weighted by Crippen LogP contribution is 2.61. The molecule has 6 heteroatoms. The van der Waals surface area contributed by atoms with Gasteiger partial charge in [-0.1, -0.05) is 46.4 Å². The van der Waals surface area contributed by atoms with Gasteiger partial charge in [0.15, 0.2) is 10.1 Å². The van der Waals surface area contributed by atoms with Crippen molar-refractivity contribution in [3.05, 3.63) is 10.1 Å². The summed E-state index contributed by atoms with van der Waals surface area (Å²) in [6, 6.07) is 0. The van der Waals surface area contributed by atoms with Crippen molar-refractivity contribution in [2.45, 2.75) is 42.6 Å². The van der Waals surface area contributed by atoms with E-state index in [-0.39, 0.29) is 24.0 Å². The fourth-order valence-electron chi connectivity index (χ4n) is 3.07. The fourth-order valence-corrected chi connectivity index (χ4v) is 4.44. The van der Waals surface area contributed by atoms with E-state index < -0.39 is 10.1 Å². The van der Waals surface area contributed by atoms with E-state index in [0.717, 1.165) is 6.42 Å². The summed E-state index contributed by atoms with van der Waals surface area (Å²) >= 11 is 25.0. The van der Waals surface area contributed by atoms with E-state index in [9.17, 15) is 0 Å². The Bertz CT molecular complexity index is 404. The predicted molar refractivity (Wildman–Crippen MR) is 68.6 cm³/mol. The molecular weight excluding hydrogens is 306 g/mol. The smallest absolute Gasteiger partial charge is 0.163 e. The molecule has 0 aromatic carbocycles. The number of fused-ring (bicyclic) bond motifs is 5. The summed E-state index contributed by atoms with van der Waals surface area (Å²) in [7, 11) is 0. The highest BCUT2D eigenvalue weighted by Gasteiger charge is 2.64. The van der Waals surface area contributed by atoms with Crippen LogP contribution in [-0.2, 0) is 9.47 Å². The lowest BCUT2D eigenvalue weighted by molar-refractivity contribution is -0.160. The van der Waals surface area contributed by atoms with Gasteiger partial charge in [-0.3, -0.25) is 0 Å². The Hall–Kier alpha value is 0.820. The summed E-state index contributed by atoms with van der Waals surface area (Å²) < 4.78 is 10.6. The maximum absolute atomic E-state index is 6.33. The molecule has 1 saturated heterocycles. The Morgan fingerprint density at radius 3 is 2.35 bits per heavy atom. The highest BCUT2D eigenvalue weighted by atomic mass is 35.5. The van der Waals surface area contributed by atoms with Crippen LogP contribution in [0, 0.1) is 11.8 Å². The zero-order valence-corrected chi connectivity index (χ0v) is 12.4. The minimum absolute atomic E-state index is 0.0477. The normalized spacial score (nSPS) is 46.2. The van der Waals surface area contributed by atoms with Gasteiger partial charge in [0.2, 0.25) is 0 Å². The highest BCUT2D eigenvalue weighted by molar-refractivity contribution is 6.58. The topological polar surface area (TPSA) is 18.5 Å². The van der Waals surface area contributed by atoms with Gasteiger partial charge >= 0.3 is 0 Å². The summed E-state index contributed by atoms with van der Waals surface area (Å²) in [5, 5.41) is 0.838. The monoisotopic (exact) mass is 316 g/mol. The zero-order valence-electron chi connectivity index (χ0n) is 9.34. The van der Waals surface area contributed by atoms with Crippen molar-refractivity contribution in [1.82, 2.24) is 0 Å². The predicted octanol–water partition coefficient (Wildman–Crippen LogP) is 4.02. The second kappa shape index (κ2) is 3.68. The lowest BCUT2D eigenvalue weighted by atomic mass is 9.93. The van der Waals surface area contributed by atoms with E-state index in [1.807, 2.05) is 13.8 Å². The molecule has 2 nitrogen and oxygen atoms in total. The molecule has 4 atom stereocenters. The minimum atomic E-state index is -1.17. The van der Waals surface area contributed by atoms with Crippen molar-refractivity contribution in [3.63, 3.8) is 0 Å². The zero-order chi connectivity index (χ0) is 12.6. The second-order valence-corrected chi connectivity index (χ2v) is 7.47. The molecule has 2 fully saturated rings. The van der Waals surface area contributed by atoms with Gasteiger partial charge in [0.25, 0.3) is 0 Å². The van der Waals surface area contributed by atoms with Gasteiger partial charge in [0.1, 0.15) is 0 Å². The van der Waals surface area contributed by atoms with Crippen LogP contribution in [0.15, 0.2) is 10.1 Å². The molecule has 2 aliphatic carbocycles. The van der Waals surface area contributed by atoms with Crippen LogP contribution in [-0.4, -0.2) is 22.3 Å². The maximum atomic E-state index is 6.33. The number of allylic oxidation sites excluding steroid dienone is 1. The van der Waals surface area contributed by atoms with Gasteiger partial charge in [0, 0.05) is 16.9 Å². The molecule has 0 aromatic rings. The number of ether oxygens (including phenoxy) is 2. The molecular formula is C11H12Cl4O2. The Labute approximate surface area is 120 Å². The van der Waals surface area contributed by atoms with Crippen molar-refractivity contribution >= 4 is 46.4 Å². The van der Waals surface area contributed by atoms with Crippen LogP contribution in [0.25, 0.3) is 0 Å². The van der Waals surface area contributed by atoms with Gasteiger partial charge in [-0.25, -0.2) is 0 Å². The van der Waals surface area contributed by atoms with Gasteiger partial charge in [0.05, 0.1) is 17.2 Å². The first-order valence-corrected chi connectivity index (χ1v) is 7.04. The molecule has 1 aliphatic heterocycles.